The Morgan fingerprint density at radius 1 is 1.55 bits per heavy atom. The quantitative estimate of drug-likeness (QED) is 0.858. The van der Waals surface area contributed by atoms with Crippen LogP contribution in [0.15, 0.2) is 18.2 Å². The van der Waals surface area contributed by atoms with E-state index in [1.54, 1.807) is 23.1 Å². The van der Waals surface area contributed by atoms with Crippen molar-refractivity contribution in [2.75, 3.05) is 32.0 Å². The number of carbonyl (C=O) groups excluding carboxylic acids is 1. The normalized spacial score (nSPS) is 19.5. The molecular formula is C15H22N2O3. The first-order valence-corrected chi connectivity index (χ1v) is 7.05. The fourth-order valence-electron chi connectivity index (χ4n) is 2.39. The monoisotopic (exact) mass is 278 g/mol. The lowest BCUT2D eigenvalue weighted by Gasteiger charge is -2.24. The van der Waals surface area contributed by atoms with Crippen molar-refractivity contribution in [1.82, 2.24) is 4.90 Å². The zero-order valence-corrected chi connectivity index (χ0v) is 12.1. The maximum absolute atomic E-state index is 12.7. The summed E-state index contributed by atoms with van der Waals surface area (Å²) in [5, 5.41) is 0. The Morgan fingerprint density at radius 3 is 3.10 bits per heavy atom. The van der Waals surface area contributed by atoms with E-state index in [1.165, 1.54) is 0 Å². The van der Waals surface area contributed by atoms with Gasteiger partial charge in [0.2, 0.25) is 0 Å². The standard InChI is InChI=1S/C15H22N2O3/c1-3-19-13-7-4-6-12(16)14(13)15(18)17-8-5-9-20-11(2)10-17/h4,6-7,11H,3,5,8-10,16H2,1-2H3. The molecule has 0 aromatic heterocycles. The molecule has 5 nitrogen and oxygen atoms in total. The van der Waals surface area contributed by atoms with E-state index in [1.807, 2.05) is 13.8 Å². The number of benzene rings is 1. The van der Waals surface area contributed by atoms with Crippen LogP contribution in [0.1, 0.15) is 30.6 Å². The Kier molecular flexibility index (Phi) is 4.84. The van der Waals surface area contributed by atoms with Crippen LogP contribution in [0.4, 0.5) is 5.69 Å². The molecule has 1 saturated heterocycles. The van der Waals surface area contributed by atoms with Crippen LogP contribution in [0.3, 0.4) is 0 Å². The summed E-state index contributed by atoms with van der Waals surface area (Å²) in [5.74, 6) is 0.471. The summed E-state index contributed by atoms with van der Waals surface area (Å²) in [6, 6.07) is 5.31. The third kappa shape index (κ3) is 3.22. The lowest BCUT2D eigenvalue weighted by Crippen LogP contribution is -2.36. The van der Waals surface area contributed by atoms with Gasteiger partial charge in [0, 0.05) is 25.4 Å². The molecule has 1 amide bonds. The van der Waals surface area contributed by atoms with Gasteiger partial charge in [-0.3, -0.25) is 4.79 Å². The lowest BCUT2D eigenvalue weighted by atomic mass is 10.1. The third-order valence-electron chi connectivity index (χ3n) is 3.31. The third-order valence-corrected chi connectivity index (χ3v) is 3.31. The Balaban J connectivity index is 2.27. The number of rotatable bonds is 3. The van der Waals surface area contributed by atoms with Crippen molar-refractivity contribution >= 4 is 11.6 Å². The van der Waals surface area contributed by atoms with E-state index in [-0.39, 0.29) is 12.0 Å². The van der Waals surface area contributed by atoms with Gasteiger partial charge in [-0.15, -0.1) is 0 Å². The summed E-state index contributed by atoms with van der Waals surface area (Å²) in [4.78, 5) is 14.5. The average molecular weight is 278 g/mol. The van der Waals surface area contributed by atoms with E-state index in [2.05, 4.69) is 0 Å². The van der Waals surface area contributed by atoms with Gasteiger partial charge in [-0.25, -0.2) is 0 Å². The van der Waals surface area contributed by atoms with E-state index >= 15 is 0 Å². The van der Waals surface area contributed by atoms with Gasteiger partial charge in [0.05, 0.1) is 12.7 Å². The van der Waals surface area contributed by atoms with Gasteiger partial charge in [-0.05, 0) is 32.4 Å². The number of ether oxygens (including phenoxy) is 2. The Hall–Kier alpha value is -1.75. The van der Waals surface area contributed by atoms with Crippen LogP contribution in [-0.4, -0.2) is 43.2 Å². The average Bonchev–Trinajstić information content (AvgIpc) is 2.63. The fraction of sp³-hybridized carbons (Fsp3) is 0.533. The van der Waals surface area contributed by atoms with Gasteiger partial charge in [0.1, 0.15) is 11.3 Å². The smallest absolute Gasteiger partial charge is 0.259 e. The second-order valence-electron chi connectivity index (χ2n) is 4.94. The number of anilines is 1. The maximum atomic E-state index is 12.7. The predicted octanol–water partition coefficient (Wildman–Crippen LogP) is 1.92. The van der Waals surface area contributed by atoms with Crippen molar-refractivity contribution in [3.05, 3.63) is 23.8 Å². The summed E-state index contributed by atoms with van der Waals surface area (Å²) >= 11 is 0. The number of amides is 1. The highest BCUT2D eigenvalue weighted by atomic mass is 16.5. The molecule has 0 radical (unpaired) electrons. The van der Waals surface area contributed by atoms with Crippen molar-refractivity contribution in [1.29, 1.82) is 0 Å². The molecule has 0 spiro atoms. The highest BCUT2D eigenvalue weighted by Crippen LogP contribution is 2.26. The molecule has 2 N–H and O–H groups in total. The second kappa shape index (κ2) is 6.61. The first-order chi connectivity index (χ1) is 9.63. The molecule has 1 fully saturated rings. The molecule has 110 valence electrons. The first-order valence-electron chi connectivity index (χ1n) is 7.05. The fourth-order valence-corrected chi connectivity index (χ4v) is 2.39. The number of carbonyl (C=O) groups is 1. The first kappa shape index (κ1) is 14.7. The Bertz CT molecular complexity index is 476. The molecule has 1 aliphatic rings. The zero-order chi connectivity index (χ0) is 14.5. The van der Waals surface area contributed by atoms with Crippen molar-refractivity contribution in [2.45, 2.75) is 26.4 Å². The molecular weight excluding hydrogens is 256 g/mol. The Morgan fingerprint density at radius 2 is 2.35 bits per heavy atom. The SMILES string of the molecule is CCOc1cccc(N)c1C(=O)N1CCCOC(C)C1. The van der Waals surface area contributed by atoms with Gasteiger partial charge < -0.3 is 20.1 Å². The maximum Gasteiger partial charge on any atom is 0.259 e. The molecule has 1 unspecified atom stereocenters. The summed E-state index contributed by atoms with van der Waals surface area (Å²) in [7, 11) is 0. The second-order valence-corrected chi connectivity index (χ2v) is 4.94. The van der Waals surface area contributed by atoms with Crippen LogP contribution in [-0.2, 0) is 4.74 Å². The van der Waals surface area contributed by atoms with E-state index in [0.717, 1.165) is 6.42 Å². The van der Waals surface area contributed by atoms with Crippen molar-refractivity contribution < 1.29 is 14.3 Å². The van der Waals surface area contributed by atoms with Crippen molar-refractivity contribution in [3.8, 4) is 5.75 Å². The van der Waals surface area contributed by atoms with Gasteiger partial charge in [-0.2, -0.15) is 0 Å². The summed E-state index contributed by atoms with van der Waals surface area (Å²) < 4.78 is 11.1. The van der Waals surface area contributed by atoms with Gasteiger partial charge in [0.15, 0.2) is 0 Å². The molecule has 1 atom stereocenters. The summed E-state index contributed by atoms with van der Waals surface area (Å²) in [6.07, 6.45) is 0.884. The molecule has 1 heterocycles. The summed E-state index contributed by atoms with van der Waals surface area (Å²) in [6.45, 7) is 6.32. The minimum Gasteiger partial charge on any atom is -0.493 e. The van der Waals surface area contributed by atoms with Crippen molar-refractivity contribution in [2.24, 2.45) is 0 Å². The van der Waals surface area contributed by atoms with Crippen LogP contribution in [0.5, 0.6) is 5.75 Å². The number of nitrogen functional groups attached to an aromatic ring is 1. The highest BCUT2D eigenvalue weighted by Gasteiger charge is 2.25. The minimum absolute atomic E-state index is 0.0435. The molecule has 5 heteroatoms. The van der Waals surface area contributed by atoms with Gasteiger partial charge >= 0.3 is 0 Å². The van der Waals surface area contributed by atoms with Crippen LogP contribution in [0.2, 0.25) is 0 Å². The molecule has 20 heavy (non-hydrogen) atoms. The largest absolute Gasteiger partial charge is 0.493 e. The molecule has 1 aromatic carbocycles. The van der Waals surface area contributed by atoms with E-state index in [0.29, 0.717) is 43.3 Å². The molecule has 0 saturated carbocycles. The van der Waals surface area contributed by atoms with E-state index in [4.69, 9.17) is 15.2 Å². The zero-order valence-electron chi connectivity index (χ0n) is 12.1. The van der Waals surface area contributed by atoms with Gasteiger partial charge in [-0.1, -0.05) is 6.07 Å². The highest BCUT2D eigenvalue weighted by molar-refractivity contribution is 6.01. The lowest BCUT2D eigenvalue weighted by molar-refractivity contribution is 0.0561. The number of nitrogens with zero attached hydrogens (tertiary/aromatic N) is 1. The number of nitrogens with two attached hydrogens (primary N) is 1. The van der Waals surface area contributed by atoms with Crippen LogP contribution in [0, 0.1) is 0 Å². The Labute approximate surface area is 119 Å². The summed E-state index contributed by atoms with van der Waals surface area (Å²) in [5.41, 5.74) is 6.89. The topological polar surface area (TPSA) is 64.8 Å². The van der Waals surface area contributed by atoms with Gasteiger partial charge in [0.25, 0.3) is 5.91 Å². The predicted molar refractivity (Wildman–Crippen MR) is 78.0 cm³/mol. The van der Waals surface area contributed by atoms with E-state index in [9.17, 15) is 4.79 Å². The number of hydrogen-bond acceptors (Lipinski definition) is 4. The van der Waals surface area contributed by atoms with Crippen LogP contribution in [0.25, 0.3) is 0 Å². The molecule has 1 aromatic rings. The number of hydrogen-bond donors (Lipinski definition) is 1. The van der Waals surface area contributed by atoms with E-state index < -0.39 is 0 Å². The molecule has 0 aliphatic carbocycles. The molecule has 0 bridgehead atoms. The molecule has 2 rings (SSSR count). The minimum atomic E-state index is -0.0797. The van der Waals surface area contributed by atoms with Crippen LogP contribution < -0.4 is 10.5 Å². The van der Waals surface area contributed by atoms with Crippen molar-refractivity contribution in [3.63, 3.8) is 0 Å². The van der Waals surface area contributed by atoms with Crippen LogP contribution >= 0.6 is 0 Å². The molecule has 1 aliphatic heterocycles.